The predicted octanol–water partition coefficient (Wildman–Crippen LogP) is 2.45. The molecule has 0 aliphatic rings. The molecule has 2 rings (SSSR count). The van der Waals surface area contributed by atoms with Crippen LogP contribution < -0.4 is 5.32 Å². The number of carbonyl (C=O) groups is 1. The van der Waals surface area contributed by atoms with Gasteiger partial charge in [-0.25, -0.2) is 0 Å². The largest absolute Gasteiger partial charge is 0.469 e. The SMILES string of the molecule is Cc1c(Br)c(C(=O)NC(C)Cc2ccco2)nn1C. The van der Waals surface area contributed by atoms with Crippen molar-refractivity contribution in [3.8, 4) is 0 Å². The van der Waals surface area contributed by atoms with E-state index < -0.39 is 0 Å². The fraction of sp³-hybridized carbons (Fsp3) is 0.385. The van der Waals surface area contributed by atoms with Gasteiger partial charge in [0.15, 0.2) is 5.69 Å². The van der Waals surface area contributed by atoms with E-state index in [2.05, 4.69) is 26.3 Å². The highest BCUT2D eigenvalue weighted by molar-refractivity contribution is 9.10. The lowest BCUT2D eigenvalue weighted by atomic mass is 10.2. The molecule has 1 atom stereocenters. The second-order valence-corrected chi connectivity index (χ2v) is 5.32. The average Bonchev–Trinajstić information content (AvgIpc) is 2.93. The van der Waals surface area contributed by atoms with Crippen LogP contribution in [0.4, 0.5) is 0 Å². The molecule has 1 N–H and O–H groups in total. The number of aromatic nitrogens is 2. The third kappa shape index (κ3) is 3.07. The van der Waals surface area contributed by atoms with Crippen molar-refractivity contribution in [1.29, 1.82) is 0 Å². The van der Waals surface area contributed by atoms with E-state index in [0.29, 0.717) is 12.1 Å². The number of carbonyl (C=O) groups excluding carboxylic acids is 1. The summed E-state index contributed by atoms with van der Waals surface area (Å²) in [5, 5.41) is 7.11. The number of hydrogen-bond acceptors (Lipinski definition) is 3. The molecule has 2 aromatic rings. The van der Waals surface area contributed by atoms with E-state index in [4.69, 9.17) is 4.42 Å². The van der Waals surface area contributed by atoms with Gasteiger partial charge in [0.2, 0.25) is 0 Å². The van der Waals surface area contributed by atoms with Crippen LogP contribution in [0.25, 0.3) is 0 Å². The van der Waals surface area contributed by atoms with Crippen molar-refractivity contribution in [3.05, 3.63) is 40.0 Å². The van der Waals surface area contributed by atoms with Crippen LogP contribution in [0.2, 0.25) is 0 Å². The number of rotatable bonds is 4. The van der Waals surface area contributed by atoms with E-state index in [1.165, 1.54) is 0 Å². The van der Waals surface area contributed by atoms with Crippen LogP contribution >= 0.6 is 15.9 Å². The fourth-order valence-corrected chi connectivity index (χ4v) is 2.32. The molecule has 102 valence electrons. The van der Waals surface area contributed by atoms with E-state index >= 15 is 0 Å². The van der Waals surface area contributed by atoms with E-state index in [1.807, 2.05) is 33.0 Å². The molecule has 1 unspecified atom stereocenters. The first kappa shape index (κ1) is 13.9. The number of furan rings is 1. The summed E-state index contributed by atoms with van der Waals surface area (Å²) in [5.74, 6) is 0.665. The summed E-state index contributed by atoms with van der Waals surface area (Å²) in [6.45, 7) is 3.84. The van der Waals surface area contributed by atoms with Gasteiger partial charge in [0.05, 0.1) is 16.4 Å². The Morgan fingerprint density at radius 2 is 2.37 bits per heavy atom. The predicted molar refractivity (Wildman–Crippen MR) is 75.0 cm³/mol. The number of nitrogens with one attached hydrogen (secondary N) is 1. The van der Waals surface area contributed by atoms with Crippen molar-refractivity contribution >= 4 is 21.8 Å². The molecule has 0 fully saturated rings. The van der Waals surface area contributed by atoms with Gasteiger partial charge in [-0.15, -0.1) is 0 Å². The zero-order chi connectivity index (χ0) is 14.0. The van der Waals surface area contributed by atoms with Crippen LogP contribution in [0.15, 0.2) is 27.3 Å². The Morgan fingerprint density at radius 1 is 1.63 bits per heavy atom. The lowest BCUT2D eigenvalue weighted by Gasteiger charge is -2.11. The molecule has 0 aliphatic carbocycles. The molecule has 0 saturated heterocycles. The van der Waals surface area contributed by atoms with Crippen LogP contribution in [0.1, 0.15) is 28.9 Å². The molecule has 0 radical (unpaired) electrons. The molecule has 0 aromatic carbocycles. The minimum Gasteiger partial charge on any atom is -0.469 e. The van der Waals surface area contributed by atoms with Crippen molar-refractivity contribution in [2.75, 3.05) is 0 Å². The Kier molecular flexibility index (Phi) is 4.09. The molecule has 2 heterocycles. The second-order valence-electron chi connectivity index (χ2n) is 4.53. The average molecular weight is 326 g/mol. The van der Waals surface area contributed by atoms with E-state index in [9.17, 15) is 4.79 Å². The van der Waals surface area contributed by atoms with Crippen molar-refractivity contribution < 1.29 is 9.21 Å². The maximum Gasteiger partial charge on any atom is 0.273 e. The first-order valence-corrected chi connectivity index (χ1v) is 6.80. The highest BCUT2D eigenvalue weighted by Crippen LogP contribution is 2.20. The normalized spacial score (nSPS) is 12.4. The molecule has 0 aliphatic heterocycles. The van der Waals surface area contributed by atoms with Crippen molar-refractivity contribution in [2.24, 2.45) is 7.05 Å². The van der Waals surface area contributed by atoms with Crippen LogP contribution in [0, 0.1) is 6.92 Å². The smallest absolute Gasteiger partial charge is 0.273 e. The van der Waals surface area contributed by atoms with Gasteiger partial charge < -0.3 is 9.73 Å². The van der Waals surface area contributed by atoms with Gasteiger partial charge in [0, 0.05) is 19.5 Å². The summed E-state index contributed by atoms with van der Waals surface area (Å²) in [6, 6.07) is 3.71. The molecule has 5 nitrogen and oxygen atoms in total. The molecule has 0 spiro atoms. The first-order chi connectivity index (χ1) is 8.99. The number of aryl methyl sites for hydroxylation is 1. The minimum absolute atomic E-state index is 0.0205. The number of hydrogen-bond donors (Lipinski definition) is 1. The van der Waals surface area contributed by atoms with Gasteiger partial charge in [0.1, 0.15) is 5.76 Å². The van der Waals surface area contributed by atoms with Gasteiger partial charge >= 0.3 is 0 Å². The Hall–Kier alpha value is -1.56. The quantitative estimate of drug-likeness (QED) is 0.939. The van der Waals surface area contributed by atoms with Gasteiger partial charge in [0.25, 0.3) is 5.91 Å². The van der Waals surface area contributed by atoms with Crippen LogP contribution in [0.5, 0.6) is 0 Å². The highest BCUT2D eigenvalue weighted by Gasteiger charge is 2.19. The van der Waals surface area contributed by atoms with Crippen LogP contribution in [-0.4, -0.2) is 21.7 Å². The van der Waals surface area contributed by atoms with E-state index in [1.54, 1.807) is 10.9 Å². The fourth-order valence-electron chi connectivity index (χ4n) is 1.80. The number of halogens is 1. The molecule has 2 aromatic heterocycles. The summed E-state index contributed by atoms with van der Waals surface area (Å²) in [6.07, 6.45) is 2.28. The number of amides is 1. The Labute approximate surface area is 120 Å². The zero-order valence-electron chi connectivity index (χ0n) is 11.1. The zero-order valence-corrected chi connectivity index (χ0v) is 12.7. The standard InChI is InChI=1S/C13H16BrN3O2/c1-8(7-10-5-4-6-19-10)15-13(18)12-11(14)9(2)17(3)16-12/h4-6,8H,7H2,1-3H3,(H,15,18). The van der Waals surface area contributed by atoms with Crippen molar-refractivity contribution in [3.63, 3.8) is 0 Å². The minimum atomic E-state index is -0.186. The molecule has 1 amide bonds. The van der Waals surface area contributed by atoms with E-state index in [-0.39, 0.29) is 11.9 Å². The summed E-state index contributed by atoms with van der Waals surface area (Å²) in [5.41, 5.74) is 1.33. The topological polar surface area (TPSA) is 60.1 Å². The molecular weight excluding hydrogens is 310 g/mol. The monoisotopic (exact) mass is 325 g/mol. The third-order valence-electron chi connectivity index (χ3n) is 2.94. The molecule has 19 heavy (non-hydrogen) atoms. The summed E-state index contributed by atoms with van der Waals surface area (Å²) < 4.78 is 7.67. The molecule has 0 bridgehead atoms. The highest BCUT2D eigenvalue weighted by atomic mass is 79.9. The second kappa shape index (κ2) is 5.61. The van der Waals surface area contributed by atoms with Crippen LogP contribution in [-0.2, 0) is 13.5 Å². The Balaban J connectivity index is 2.02. The van der Waals surface area contributed by atoms with Gasteiger partial charge in [-0.3, -0.25) is 9.48 Å². The Morgan fingerprint density at radius 3 is 2.89 bits per heavy atom. The van der Waals surface area contributed by atoms with Crippen molar-refractivity contribution in [1.82, 2.24) is 15.1 Å². The van der Waals surface area contributed by atoms with Gasteiger partial charge in [-0.1, -0.05) is 0 Å². The third-order valence-corrected chi connectivity index (χ3v) is 3.89. The van der Waals surface area contributed by atoms with Gasteiger partial charge in [-0.2, -0.15) is 5.10 Å². The lowest BCUT2D eigenvalue weighted by molar-refractivity contribution is 0.0932. The Bertz CT molecular complexity index is 575. The van der Waals surface area contributed by atoms with Gasteiger partial charge in [-0.05, 0) is 41.9 Å². The maximum absolute atomic E-state index is 12.1. The first-order valence-electron chi connectivity index (χ1n) is 6.01. The molecule has 0 saturated carbocycles. The van der Waals surface area contributed by atoms with E-state index in [0.717, 1.165) is 15.9 Å². The molecule has 6 heteroatoms. The summed E-state index contributed by atoms with van der Waals surface area (Å²) in [7, 11) is 1.81. The summed E-state index contributed by atoms with van der Waals surface area (Å²) >= 11 is 3.39. The number of nitrogens with zero attached hydrogens (tertiary/aromatic N) is 2. The van der Waals surface area contributed by atoms with Crippen molar-refractivity contribution in [2.45, 2.75) is 26.3 Å². The van der Waals surface area contributed by atoms with Crippen LogP contribution in [0.3, 0.4) is 0 Å². The lowest BCUT2D eigenvalue weighted by Crippen LogP contribution is -2.34. The molecular formula is C13H16BrN3O2. The summed E-state index contributed by atoms with van der Waals surface area (Å²) in [4.78, 5) is 12.1. The maximum atomic E-state index is 12.1.